The van der Waals surface area contributed by atoms with Crippen LogP contribution >= 0.6 is 0 Å². The predicted molar refractivity (Wildman–Crippen MR) is 79.8 cm³/mol. The van der Waals surface area contributed by atoms with E-state index in [0.717, 1.165) is 31.7 Å². The average molecular weight is 266 g/mol. The number of hydrogen-bond acceptors (Lipinski definition) is 4. The van der Waals surface area contributed by atoms with E-state index in [1.807, 2.05) is 6.07 Å². The molecule has 108 valence electrons. The molecule has 19 heavy (non-hydrogen) atoms. The van der Waals surface area contributed by atoms with Gasteiger partial charge in [0.15, 0.2) is 0 Å². The van der Waals surface area contributed by atoms with Crippen molar-refractivity contribution in [3.05, 3.63) is 23.8 Å². The first kappa shape index (κ1) is 15.8. The highest BCUT2D eigenvalue weighted by Crippen LogP contribution is 2.28. The average Bonchev–Trinajstić information content (AvgIpc) is 2.33. The highest BCUT2D eigenvalue weighted by molar-refractivity contribution is 5.53. The number of phenolic OH excluding ortho intramolecular Hbond substituents is 1. The smallest absolute Gasteiger partial charge is 0.123 e. The van der Waals surface area contributed by atoms with Crippen LogP contribution in [0.5, 0.6) is 5.75 Å². The zero-order chi connectivity index (χ0) is 14.4. The normalized spacial score (nSPS) is 12.7. The topological polar surface area (TPSA) is 46.9 Å². The Labute approximate surface area is 116 Å². The van der Waals surface area contributed by atoms with E-state index in [-0.39, 0.29) is 5.75 Å². The zero-order valence-corrected chi connectivity index (χ0v) is 12.4. The van der Waals surface area contributed by atoms with Crippen molar-refractivity contribution in [3.63, 3.8) is 0 Å². The molecule has 0 saturated heterocycles. The van der Waals surface area contributed by atoms with Gasteiger partial charge in [-0.2, -0.15) is 0 Å². The third-order valence-electron chi connectivity index (χ3n) is 3.24. The van der Waals surface area contributed by atoms with E-state index in [9.17, 15) is 10.2 Å². The Kier molecular flexibility index (Phi) is 6.12. The first-order chi connectivity index (χ1) is 8.95. The Hall–Kier alpha value is -1.26. The molecule has 0 aromatic heterocycles. The quantitative estimate of drug-likeness (QED) is 0.794. The molecule has 1 unspecified atom stereocenters. The molecule has 1 rings (SSSR count). The Morgan fingerprint density at radius 1 is 1.21 bits per heavy atom. The molecular weight excluding hydrogens is 240 g/mol. The molecule has 0 radical (unpaired) electrons. The lowest BCUT2D eigenvalue weighted by atomic mass is 10.1. The number of benzene rings is 1. The fraction of sp³-hybridized carbons (Fsp3) is 0.600. The van der Waals surface area contributed by atoms with Gasteiger partial charge in [0.1, 0.15) is 5.75 Å². The molecule has 0 spiro atoms. The number of aromatic hydroxyl groups is 1. The largest absolute Gasteiger partial charge is 0.507 e. The van der Waals surface area contributed by atoms with Crippen LogP contribution in [0.3, 0.4) is 0 Å². The third-order valence-corrected chi connectivity index (χ3v) is 3.24. The fourth-order valence-corrected chi connectivity index (χ4v) is 2.13. The van der Waals surface area contributed by atoms with Gasteiger partial charge >= 0.3 is 0 Å². The van der Waals surface area contributed by atoms with Crippen LogP contribution in [0.1, 0.15) is 31.9 Å². The minimum absolute atomic E-state index is 0.165. The van der Waals surface area contributed by atoms with Crippen LogP contribution in [0.25, 0.3) is 0 Å². The van der Waals surface area contributed by atoms with Gasteiger partial charge in [0.2, 0.25) is 0 Å². The fourth-order valence-electron chi connectivity index (χ4n) is 2.13. The summed E-state index contributed by atoms with van der Waals surface area (Å²) in [7, 11) is 4.14. The predicted octanol–water partition coefficient (Wildman–Crippen LogP) is 2.22. The zero-order valence-electron chi connectivity index (χ0n) is 12.4. The summed E-state index contributed by atoms with van der Waals surface area (Å²) >= 11 is 0. The molecule has 1 atom stereocenters. The summed E-state index contributed by atoms with van der Waals surface area (Å²) < 4.78 is 0. The van der Waals surface area contributed by atoms with Gasteiger partial charge in [-0.25, -0.2) is 0 Å². The molecule has 2 N–H and O–H groups in total. The van der Waals surface area contributed by atoms with Gasteiger partial charge in [0.25, 0.3) is 0 Å². The van der Waals surface area contributed by atoms with Gasteiger partial charge in [-0.15, -0.1) is 0 Å². The van der Waals surface area contributed by atoms with Gasteiger partial charge < -0.3 is 20.0 Å². The van der Waals surface area contributed by atoms with E-state index >= 15 is 0 Å². The van der Waals surface area contributed by atoms with Crippen molar-refractivity contribution in [2.45, 2.75) is 26.4 Å². The first-order valence-electron chi connectivity index (χ1n) is 6.86. The summed E-state index contributed by atoms with van der Waals surface area (Å²) in [6.45, 7) is 6.68. The van der Waals surface area contributed by atoms with E-state index in [4.69, 9.17) is 0 Å². The van der Waals surface area contributed by atoms with Gasteiger partial charge in [-0.05, 0) is 47.0 Å². The number of rotatable bonds is 7. The molecule has 0 aliphatic carbocycles. The summed E-state index contributed by atoms with van der Waals surface area (Å²) in [5.41, 5.74) is 1.58. The van der Waals surface area contributed by atoms with Crippen molar-refractivity contribution in [1.29, 1.82) is 0 Å². The highest BCUT2D eigenvalue weighted by atomic mass is 16.3. The standard InChI is InChI=1S/C15H26N2O2/c1-5-17(10-6-9-16(3)4)13-7-8-14(12(2)18)15(19)11-13/h7-8,11-12,18-19H,5-6,9-10H2,1-4H3. The second-order valence-corrected chi connectivity index (χ2v) is 5.16. The monoisotopic (exact) mass is 266 g/mol. The number of aliphatic hydroxyl groups excluding tert-OH is 1. The SMILES string of the molecule is CCN(CCCN(C)C)c1ccc(C(C)O)c(O)c1. The number of phenols is 1. The molecule has 0 saturated carbocycles. The maximum Gasteiger partial charge on any atom is 0.123 e. The molecule has 0 bridgehead atoms. The summed E-state index contributed by atoms with van der Waals surface area (Å²) in [6.07, 6.45) is 0.442. The van der Waals surface area contributed by atoms with Gasteiger partial charge in [-0.1, -0.05) is 6.07 Å². The van der Waals surface area contributed by atoms with Crippen LogP contribution in [0, 0.1) is 0 Å². The molecule has 1 aromatic carbocycles. The van der Waals surface area contributed by atoms with Crippen LogP contribution in [-0.4, -0.2) is 48.8 Å². The van der Waals surface area contributed by atoms with Gasteiger partial charge in [0.05, 0.1) is 6.10 Å². The lowest BCUT2D eigenvalue weighted by Gasteiger charge is -2.24. The highest BCUT2D eigenvalue weighted by Gasteiger charge is 2.11. The maximum atomic E-state index is 9.92. The Balaban J connectivity index is 2.73. The van der Waals surface area contributed by atoms with Crippen LogP contribution in [0.15, 0.2) is 18.2 Å². The molecule has 0 heterocycles. The Morgan fingerprint density at radius 3 is 2.37 bits per heavy atom. The van der Waals surface area contributed by atoms with Gasteiger partial charge in [0, 0.05) is 30.4 Å². The van der Waals surface area contributed by atoms with Crippen molar-refractivity contribution in [2.75, 3.05) is 38.6 Å². The molecule has 4 heteroatoms. The molecule has 1 aromatic rings. The third kappa shape index (κ3) is 4.73. The number of hydrogen-bond donors (Lipinski definition) is 2. The molecule has 0 aliphatic heterocycles. The van der Waals surface area contributed by atoms with Crippen molar-refractivity contribution < 1.29 is 10.2 Å². The van der Waals surface area contributed by atoms with Gasteiger partial charge in [-0.3, -0.25) is 0 Å². The van der Waals surface area contributed by atoms with E-state index < -0.39 is 6.10 Å². The van der Waals surface area contributed by atoms with Crippen LogP contribution < -0.4 is 4.90 Å². The Morgan fingerprint density at radius 2 is 1.89 bits per heavy atom. The van der Waals surface area contributed by atoms with Crippen LogP contribution in [0.4, 0.5) is 5.69 Å². The van der Waals surface area contributed by atoms with Crippen molar-refractivity contribution >= 4 is 5.69 Å². The second-order valence-electron chi connectivity index (χ2n) is 5.16. The van der Waals surface area contributed by atoms with E-state index in [1.165, 1.54) is 0 Å². The lowest BCUT2D eigenvalue weighted by molar-refractivity contribution is 0.195. The van der Waals surface area contributed by atoms with Crippen LogP contribution in [-0.2, 0) is 0 Å². The Bertz CT molecular complexity index is 392. The van der Waals surface area contributed by atoms with E-state index in [2.05, 4.69) is 30.8 Å². The summed E-state index contributed by atoms with van der Waals surface area (Å²) in [5, 5.41) is 19.4. The summed E-state index contributed by atoms with van der Waals surface area (Å²) in [6, 6.07) is 5.49. The first-order valence-corrected chi connectivity index (χ1v) is 6.86. The molecule has 0 aliphatic rings. The molecule has 0 amide bonds. The van der Waals surface area contributed by atoms with Crippen LogP contribution in [0.2, 0.25) is 0 Å². The maximum absolute atomic E-state index is 9.92. The number of nitrogens with zero attached hydrogens (tertiary/aromatic N) is 2. The summed E-state index contributed by atoms with van der Waals surface area (Å²) in [5.74, 6) is 0.165. The molecule has 4 nitrogen and oxygen atoms in total. The van der Waals surface area contributed by atoms with Crippen molar-refractivity contribution in [1.82, 2.24) is 4.90 Å². The van der Waals surface area contributed by atoms with Crippen molar-refractivity contribution in [2.24, 2.45) is 0 Å². The molecular formula is C15H26N2O2. The van der Waals surface area contributed by atoms with Crippen molar-refractivity contribution in [3.8, 4) is 5.75 Å². The summed E-state index contributed by atoms with van der Waals surface area (Å²) in [4.78, 5) is 4.40. The second kappa shape index (κ2) is 7.36. The minimum Gasteiger partial charge on any atom is -0.507 e. The van der Waals surface area contributed by atoms with E-state index in [0.29, 0.717) is 5.56 Å². The number of anilines is 1. The lowest BCUT2D eigenvalue weighted by Crippen LogP contribution is -2.27. The minimum atomic E-state index is -0.641. The molecule has 0 fully saturated rings. The number of aliphatic hydroxyl groups is 1. The van der Waals surface area contributed by atoms with E-state index in [1.54, 1.807) is 19.1 Å².